The maximum absolute atomic E-state index is 11.9. The first-order valence-corrected chi connectivity index (χ1v) is 6.71. The summed E-state index contributed by atoms with van der Waals surface area (Å²) in [4.78, 5) is 15.0. The molecule has 0 unspecified atom stereocenters. The molecule has 0 aliphatic carbocycles. The number of H-pyrrole nitrogens is 1. The van der Waals surface area contributed by atoms with E-state index in [9.17, 15) is 4.79 Å². The number of amides is 1. The Morgan fingerprint density at radius 1 is 1.30 bits per heavy atom. The number of aromatic nitrogens is 1. The van der Waals surface area contributed by atoms with E-state index >= 15 is 0 Å². The molecule has 0 atom stereocenters. The number of benzene rings is 1. The lowest BCUT2D eigenvalue weighted by molar-refractivity contribution is 0.0692. The van der Waals surface area contributed by atoms with Crippen molar-refractivity contribution in [1.82, 2.24) is 10.3 Å². The lowest BCUT2D eigenvalue weighted by Gasteiger charge is -2.04. The molecular weight excluding hydrogens is 280 g/mol. The third-order valence-electron chi connectivity index (χ3n) is 2.79. The number of hydrogen-bond donors (Lipinski definition) is 2. The molecule has 108 valence electrons. The molecule has 1 aromatic heterocycles. The Morgan fingerprint density at radius 2 is 2.15 bits per heavy atom. The highest BCUT2D eigenvalue weighted by atomic mass is 35.5. The van der Waals surface area contributed by atoms with Crippen LogP contribution >= 0.6 is 11.6 Å². The summed E-state index contributed by atoms with van der Waals surface area (Å²) >= 11 is 5.91. The van der Waals surface area contributed by atoms with Crippen LogP contribution in [0.15, 0.2) is 24.3 Å². The van der Waals surface area contributed by atoms with E-state index in [0.717, 1.165) is 10.9 Å². The van der Waals surface area contributed by atoms with Crippen molar-refractivity contribution in [3.63, 3.8) is 0 Å². The minimum atomic E-state index is -0.160. The van der Waals surface area contributed by atoms with Crippen LogP contribution in [0.1, 0.15) is 10.5 Å². The van der Waals surface area contributed by atoms with Crippen molar-refractivity contribution in [1.29, 1.82) is 0 Å². The molecule has 2 aromatic rings. The van der Waals surface area contributed by atoms with E-state index in [1.54, 1.807) is 19.2 Å². The van der Waals surface area contributed by atoms with Gasteiger partial charge in [-0.05, 0) is 24.3 Å². The summed E-state index contributed by atoms with van der Waals surface area (Å²) in [5, 5.41) is 4.35. The van der Waals surface area contributed by atoms with Crippen molar-refractivity contribution in [3.05, 3.63) is 35.0 Å². The summed E-state index contributed by atoms with van der Waals surface area (Å²) in [7, 11) is 1.62. The van der Waals surface area contributed by atoms with Crippen LogP contribution in [-0.2, 0) is 9.47 Å². The predicted molar refractivity (Wildman–Crippen MR) is 78.3 cm³/mol. The van der Waals surface area contributed by atoms with Gasteiger partial charge in [0, 0.05) is 29.6 Å². The van der Waals surface area contributed by atoms with Gasteiger partial charge in [0.25, 0.3) is 5.91 Å². The molecule has 0 bridgehead atoms. The Hall–Kier alpha value is -1.56. The highest BCUT2D eigenvalue weighted by molar-refractivity contribution is 6.31. The van der Waals surface area contributed by atoms with Crippen molar-refractivity contribution in [2.75, 3.05) is 33.5 Å². The SMILES string of the molecule is COCCOCCNC(=O)c1cc2cc(Cl)ccc2[nH]1. The zero-order valence-corrected chi connectivity index (χ0v) is 12.0. The number of aromatic amines is 1. The van der Waals surface area contributed by atoms with E-state index in [2.05, 4.69) is 10.3 Å². The maximum Gasteiger partial charge on any atom is 0.267 e. The van der Waals surface area contributed by atoms with Crippen molar-refractivity contribution < 1.29 is 14.3 Å². The Balaban J connectivity index is 1.85. The minimum absolute atomic E-state index is 0.160. The van der Waals surface area contributed by atoms with E-state index < -0.39 is 0 Å². The predicted octanol–water partition coefficient (Wildman–Crippen LogP) is 2.21. The molecular formula is C14H17ClN2O3. The van der Waals surface area contributed by atoms with Crippen LogP contribution in [0.4, 0.5) is 0 Å². The fourth-order valence-corrected chi connectivity index (χ4v) is 1.98. The molecule has 0 radical (unpaired) electrons. The fourth-order valence-electron chi connectivity index (χ4n) is 1.80. The number of halogens is 1. The van der Waals surface area contributed by atoms with Crippen LogP contribution in [0.5, 0.6) is 0 Å². The Labute approximate surface area is 122 Å². The van der Waals surface area contributed by atoms with Gasteiger partial charge in [-0.1, -0.05) is 11.6 Å². The van der Waals surface area contributed by atoms with Gasteiger partial charge < -0.3 is 19.8 Å². The van der Waals surface area contributed by atoms with Gasteiger partial charge in [0.15, 0.2) is 0 Å². The van der Waals surface area contributed by atoms with Crippen LogP contribution in [0.25, 0.3) is 10.9 Å². The first kappa shape index (κ1) is 14.8. The van der Waals surface area contributed by atoms with Crippen molar-refractivity contribution >= 4 is 28.4 Å². The average Bonchev–Trinajstić information content (AvgIpc) is 2.85. The highest BCUT2D eigenvalue weighted by Crippen LogP contribution is 2.19. The van der Waals surface area contributed by atoms with Gasteiger partial charge in [-0.15, -0.1) is 0 Å². The number of ether oxygens (including phenoxy) is 2. The van der Waals surface area contributed by atoms with E-state index in [4.69, 9.17) is 21.1 Å². The van der Waals surface area contributed by atoms with Gasteiger partial charge in [-0.2, -0.15) is 0 Å². The fraction of sp³-hybridized carbons (Fsp3) is 0.357. The Kier molecular flexibility index (Phi) is 5.40. The molecule has 2 rings (SSSR count). The Bertz CT molecular complexity index is 583. The third kappa shape index (κ3) is 3.96. The molecule has 1 heterocycles. The normalized spacial score (nSPS) is 10.9. The maximum atomic E-state index is 11.9. The number of hydrogen-bond acceptors (Lipinski definition) is 3. The first-order chi connectivity index (χ1) is 9.70. The lowest BCUT2D eigenvalue weighted by atomic mass is 10.2. The van der Waals surface area contributed by atoms with E-state index in [1.165, 1.54) is 0 Å². The van der Waals surface area contributed by atoms with E-state index in [-0.39, 0.29) is 5.91 Å². The zero-order chi connectivity index (χ0) is 14.4. The van der Waals surface area contributed by atoms with Gasteiger partial charge in [-0.3, -0.25) is 4.79 Å². The average molecular weight is 297 g/mol. The second kappa shape index (κ2) is 7.28. The molecule has 0 saturated heterocycles. The summed E-state index contributed by atoms with van der Waals surface area (Å²) in [5.74, 6) is -0.160. The third-order valence-corrected chi connectivity index (χ3v) is 3.03. The molecule has 0 aliphatic rings. The highest BCUT2D eigenvalue weighted by Gasteiger charge is 2.08. The monoisotopic (exact) mass is 296 g/mol. The smallest absolute Gasteiger partial charge is 0.267 e. The summed E-state index contributed by atoms with van der Waals surface area (Å²) in [5.41, 5.74) is 1.40. The quantitative estimate of drug-likeness (QED) is 0.770. The molecule has 1 aromatic carbocycles. The van der Waals surface area contributed by atoms with E-state index in [1.807, 2.05) is 12.1 Å². The minimum Gasteiger partial charge on any atom is -0.382 e. The van der Waals surface area contributed by atoms with Crippen LogP contribution in [0.3, 0.4) is 0 Å². The van der Waals surface area contributed by atoms with Gasteiger partial charge >= 0.3 is 0 Å². The molecule has 20 heavy (non-hydrogen) atoms. The molecule has 0 aliphatic heterocycles. The second-order valence-corrected chi connectivity index (χ2v) is 4.71. The van der Waals surface area contributed by atoms with Crippen LogP contribution in [0.2, 0.25) is 5.02 Å². The molecule has 0 spiro atoms. The van der Waals surface area contributed by atoms with E-state index in [0.29, 0.717) is 37.1 Å². The number of methoxy groups -OCH3 is 1. The summed E-state index contributed by atoms with van der Waals surface area (Å²) in [6, 6.07) is 7.23. The molecule has 1 amide bonds. The molecule has 6 heteroatoms. The molecule has 0 saturated carbocycles. The van der Waals surface area contributed by atoms with Crippen LogP contribution in [0, 0.1) is 0 Å². The van der Waals surface area contributed by atoms with Crippen LogP contribution in [-0.4, -0.2) is 44.4 Å². The molecule has 0 fully saturated rings. The molecule has 2 N–H and O–H groups in total. The van der Waals surface area contributed by atoms with Gasteiger partial charge in [-0.25, -0.2) is 0 Å². The first-order valence-electron chi connectivity index (χ1n) is 6.34. The number of nitrogens with one attached hydrogen (secondary N) is 2. The van der Waals surface area contributed by atoms with Gasteiger partial charge in [0.2, 0.25) is 0 Å². The summed E-state index contributed by atoms with van der Waals surface area (Å²) < 4.78 is 10.1. The largest absolute Gasteiger partial charge is 0.382 e. The standard InChI is InChI=1S/C14H17ClN2O3/c1-19-6-7-20-5-4-16-14(18)13-9-10-8-11(15)2-3-12(10)17-13/h2-3,8-9,17H,4-7H2,1H3,(H,16,18). The van der Waals surface area contributed by atoms with Crippen LogP contribution < -0.4 is 5.32 Å². The molecule has 5 nitrogen and oxygen atoms in total. The van der Waals surface area contributed by atoms with Crippen molar-refractivity contribution in [2.24, 2.45) is 0 Å². The summed E-state index contributed by atoms with van der Waals surface area (Å²) in [6.07, 6.45) is 0. The number of fused-ring (bicyclic) bond motifs is 1. The van der Waals surface area contributed by atoms with Gasteiger partial charge in [0.05, 0.1) is 19.8 Å². The number of rotatable bonds is 7. The number of carbonyl (C=O) groups excluding carboxylic acids is 1. The number of carbonyl (C=O) groups is 1. The van der Waals surface area contributed by atoms with Gasteiger partial charge in [0.1, 0.15) is 5.69 Å². The summed E-state index contributed by atoms with van der Waals surface area (Å²) in [6.45, 7) is 1.99. The zero-order valence-electron chi connectivity index (χ0n) is 11.2. The van der Waals surface area contributed by atoms with Crippen molar-refractivity contribution in [3.8, 4) is 0 Å². The topological polar surface area (TPSA) is 63.4 Å². The Morgan fingerprint density at radius 3 is 2.95 bits per heavy atom. The lowest BCUT2D eigenvalue weighted by Crippen LogP contribution is -2.27. The van der Waals surface area contributed by atoms with Crippen molar-refractivity contribution in [2.45, 2.75) is 0 Å². The second-order valence-electron chi connectivity index (χ2n) is 4.28.